The molecule has 2 rings (SSSR count). The minimum Gasteiger partial charge on any atom is -0.326 e. The molecular formula is C18H29FN2. The van der Waals surface area contributed by atoms with E-state index in [-0.39, 0.29) is 12.4 Å². The van der Waals surface area contributed by atoms with Gasteiger partial charge in [0.05, 0.1) is 0 Å². The number of benzene rings is 1. The van der Waals surface area contributed by atoms with Crippen molar-refractivity contribution in [2.75, 3.05) is 6.54 Å². The molecule has 1 saturated carbocycles. The second-order valence-corrected chi connectivity index (χ2v) is 6.72. The van der Waals surface area contributed by atoms with Crippen LogP contribution in [0.15, 0.2) is 18.2 Å². The lowest BCUT2D eigenvalue weighted by atomic mass is 10.1. The zero-order chi connectivity index (χ0) is 15.2. The molecule has 0 spiro atoms. The molecule has 0 amide bonds. The summed E-state index contributed by atoms with van der Waals surface area (Å²) in [6, 6.07) is 6.11. The fourth-order valence-electron chi connectivity index (χ4n) is 3.20. The Hall–Kier alpha value is -0.930. The van der Waals surface area contributed by atoms with Crippen LogP contribution in [0.25, 0.3) is 0 Å². The molecule has 0 saturated heterocycles. The first-order valence-corrected chi connectivity index (χ1v) is 8.31. The highest BCUT2D eigenvalue weighted by atomic mass is 19.1. The number of rotatable bonds is 7. The van der Waals surface area contributed by atoms with Crippen LogP contribution in [0.2, 0.25) is 0 Å². The molecule has 1 aromatic carbocycles. The number of halogens is 1. The molecule has 21 heavy (non-hydrogen) atoms. The summed E-state index contributed by atoms with van der Waals surface area (Å²) in [6.07, 6.45) is 6.54. The van der Waals surface area contributed by atoms with Crippen molar-refractivity contribution in [1.29, 1.82) is 0 Å². The van der Waals surface area contributed by atoms with Gasteiger partial charge in [0.25, 0.3) is 0 Å². The highest BCUT2D eigenvalue weighted by Gasteiger charge is 2.22. The summed E-state index contributed by atoms with van der Waals surface area (Å²) in [5.41, 5.74) is 7.43. The van der Waals surface area contributed by atoms with Crippen LogP contribution in [0.3, 0.4) is 0 Å². The summed E-state index contributed by atoms with van der Waals surface area (Å²) >= 11 is 0. The largest absolute Gasteiger partial charge is 0.326 e. The van der Waals surface area contributed by atoms with E-state index in [2.05, 4.69) is 18.7 Å². The molecule has 0 aromatic heterocycles. The highest BCUT2D eigenvalue weighted by molar-refractivity contribution is 5.25. The number of nitrogens with zero attached hydrogens (tertiary/aromatic N) is 1. The van der Waals surface area contributed by atoms with Gasteiger partial charge in [-0.3, -0.25) is 4.90 Å². The second-order valence-electron chi connectivity index (χ2n) is 6.72. The van der Waals surface area contributed by atoms with Gasteiger partial charge < -0.3 is 5.73 Å². The maximum Gasteiger partial charge on any atom is 0.127 e. The molecule has 1 aliphatic carbocycles. The van der Waals surface area contributed by atoms with Crippen LogP contribution >= 0.6 is 0 Å². The third kappa shape index (κ3) is 4.79. The van der Waals surface area contributed by atoms with Crippen LogP contribution in [-0.2, 0) is 13.1 Å². The first kappa shape index (κ1) is 16.4. The molecule has 0 aliphatic heterocycles. The average Bonchev–Trinajstić information content (AvgIpc) is 2.99. The molecule has 1 aliphatic rings. The van der Waals surface area contributed by atoms with Gasteiger partial charge in [-0.1, -0.05) is 38.8 Å². The number of hydrogen-bond acceptors (Lipinski definition) is 2. The Labute approximate surface area is 128 Å². The lowest BCUT2D eigenvalue weighted by Crippen LogP contribution is -2.34. The van der Waals surface area contributed by atoms with E-state index in [9.17, 15) is 4.39 Å². The molecule has 0 radical (unpaired) electrons. The van der Waals surface area contributed by atoms with Crippen LogP contribution in [-0.4, -0.2) is 17.5 Å². The maximum absolute atomic E-state index is 13.6. The van der Waals surface area contributed by atoms with Crippen molar-refractivity contribution in [3.63, 3.8) is 0 Å². The van der Waals surface area contributed by atoms with E-state index in [0.717, 1.165) is 19.0 Å². The van der Waals surface area contributed by atoms with E-state index >= 15 is 0 Å². The first-order valence-electron chi connectivity index (χ1n) is 8.31. The van der Waals surface area contributed by atoms with Gasteiger partial charge in [0.1, 0.15) is 5.82 Å². The number of nitrogens with two attached hydrogens (primary N) is 1. The van der Waals surface area contributed by atoms with Crippen molar-refractivity contribution in [3.8, 4) is 0 Å². The predicted molar refractivity (Wildman–Crippen MR) is 86.4 cm³/mol. The van der Waals surface area contributed by atoms with E-state index in [4.69, 9.17) is 5.73 Å². The fourth-order valence-corrected chi connectivity index (χ4v) is 3.20. The summed E-state index contributed by atoms with van der Waals surface area (Å²) in [4.78, 5) is 2.60. The van der Waals surface area contributed by atoms with Crippen LogP contribution in [0.4, 0.5) is 4.39 Å². The molecule has 118 valence electrons. The highest BCUT2D eigenvalue weighted by Crippen LogP contribution is 2.26. The Balaban J connectivity index is 2.06. The van der Waals surface area contributed by atoms with E-state index in [1.54, 1.807) is 6.07 Å². The lowest BCUT2D eigenvalue weighted by Gasteiger charge is -2.29. The Morgan fingerprint density at radius 1 is 1.29 bits per heavy atom. The molecule has 0 bridgehead atoms. The van der Waals surface area contributed by atoms with E-state index in [0.29, 0.717) is 11.6 Å². The van der Waals surface area contributed by atoms with Crippen molar-refractivity contribution in [2.24, 2.45) is 11.7 Å². The number of hydrogen-bond donors (Lipinski definition) is 1. The minimum atomic E-state index is -0.184. The maximum atomic E-state index is 13.6. The summed E-state index contributed by atoms with van der Waals surface area (Å²) in [7, 11) is 0. The van der Waals surface area contributed by atoms with Gasteiger partial charge in [0.2, 0.25) is 0 Å². The zero-order valence-electron chi connectivity index (χ0n) is 13.4. The van der Waals surface area contributed by atoms with Gasteiger partial charge >= 0.3 is 0 Å². The van der Waals surface area contributed by atoms with Crippen LogP contribution in [0.1, 0.15) is 57.1 Å². The minimum absolute atomic E-state index is 0.184. The molecular weight excluding hydrogens is 263 g/mol. The van der Waals surface area contributed by atoms with Gasteiger partial charge in [0, 0.05) is 24.7 Å². The monoisotopic (exact) mass is 292 g/mol. The van der Waals surface area contributed by atoms with Crippen LogP contribution in [0.5, 0.6) is 0 Å². The quantitative estimate of drug-likeness (QED) is 0.820. The fraction of sp³-hybridized carbons (Fsp3) is 0.667. The van der Waals surface area contributed by atoms with Gasteiger partial charge in [-0.15, -0.1) is 0 Å². The molecule has 0 unspecified atom stereocenters. The average molecular weight is 292 g/mol. The van der Waals surface area contributed by atoms with Gasteiger partial charge in [-0.25, -0.2) is 4.39 Å². The zero-order valence-corrected chi connectivity index (χ0v) is 13.4. The molecule has 1 aromatic rings. The third-order valence-electron chi connectivity index (χ3n) is 4.55. The van der Waals surface area contributed by atoms with Crippen LogP contribution in [0, 0.1) is 11.7 Å². The predicted octanol–water partition coefficient (Wildman–Crippen LogP) is 4.08. The smallest absolute Gasteiger partial charge is 0.127 e. The Morgan fingerprint density at radius 2 is 2.00 bits per heavy atom. The Kier molecular flexibility index (Phi) is 6.19. The molecule has 2 N–H and O–H groups in total. The Bertz CT molecular complexity index is 439. The summed E-state index contributed by atoms with van der Waals surface area (Å²) in [5.74, 6) is 0.539. The molecule has 2 nitrogen and oxygen atoms in total. The van der Waals surface area contributed by atoms with Crippen molar-refractivity contribution in [2.45, 2.75) is 65.1 Å². The van der Waals surface area contributed by atoms with Gasteiger partial charge in [0.15, 0.2) is 0 Å². The lowest BCUT2D eigenvalue weighted by molar-refractivity contribution is 0.179. The standard InChI is InChI=1S/C18H29FN2/c1-14(2)9-10-21(17-5-3-4-6-17)13-15-7-8-18(19)16(11-15)12-20/h7-8,11,14,17H,3-6,9-10,12-13,20H2,1-2H3. The second kappa shape index (κ2) is 7.90. The van der Waals surface area contributed by atoms with Crippen molar-refractivity contribution >= 4 is 0 Å². The van der Waals surface area contributed by atoms with E-state index in [1.165, 1.54) is 37.7 Å². The van der Waals surface area contributed by atoms with Gasteiger partial charge in [-0.05, 0) is 43.4 Å². The summed E-state index contributed by atoms with van der Waals surface area (Å²) in [5, 5.41) is 0. The Morgan fingerprint density at radius 3 is 2.62 bits per heavy atom. The normalized spacial score (nSPS) is 16.3. The van der Waals surface area contributed by atoms with E-state index < -0.39 is 0 Å². The van der Waals surface area contributed by atoms with Crippen molar-refractivity contribution in [3.05, 3.63) is 35.1 Å². The third-order valence-corrected chi connectivity index (χ3v) is 4.55. The summed E-state index contributed by atoms with van der Waals surface area (Å²) in [6.45, 7) is 6.88. The molecule has 0 atom stereocenters. The SMILES string of the molecule is CC(C)CCN(Cc1ccc(F)c(CN)c1)C1CCCC1. The molecule has 0 heterocycles. The van der Waals surface area contributed by atoms with E-state index in [1.807, 2.05) is 12.1 Å². The van der Waals surface area contributed by atoms with Crippen molar-refractivity contribution < 1.29 is 4.39 Å². The topological polar surface area (TPSA) is 29.3 Å². The van der Waals surface area contributed by atoms with Crippen molar-refractivity contribution in [1.82, 2.24) is 4.90 Å². The summed E-state index contributed by atoms with van der Waals surface area (Å²) < 4.78 is 13.6. The molecule has 1 fully saturated rings. The van der Waals surface area contributed by atoms with Crippen LogP contribution < -0.4 is 5.73 Å². The first-order chi connectivity index (χ1) is 10.1. The van der Waals surface area contributed by atoms with Gasteiger partial charge in [-0.2, -0.15) is 0 Å². The molecule has 3 heteroatoms.